The smallest absolute Gasteiger partial charge is 0.262 e. The summed E-state index contributed by atoms with van der Waals surface area (Å²) in [5.74, 6) is -1.90. The highest BCUT2D eigenvalue weighted by Crippen LogP contribution is 2.29. The van der Waals surface area contributed by atoms with Crippen molar-refractivity contribution in [3.63, 3.8) is 0 Å². The van der Waals surface area contributed by atoms with Gasteiger partial charge in [0, 0.05) is 23.8 Å². The Kier molecular flexibility index (Phi) is 5.68. The first-order valence-electron chi connectivity index (χ1n) is 8.41. The summed E-state index contributed by atoms with van der Waals surface area (Å²) in [6, 6.07) is 3.53. The summed E-state index contributed by atoms with van der Waals surface area (Å²) in [5, 5.41) is 0. The van der Waals surface area contributed by atoms with Gasteiger partial charge in [-0.1, -0.05) is 15.9 Å². The van der Waals surface area contributed by atoms with E-state index in [1.54, 1.807) is 6.07 Å². The van der Waals surface area contributed by atoms with Crippen molar-refractivity contribution in [1.29, 1.82) is 0 Å². The van der Waals surface area contributed by atoms with Crippen molar-refractivity contribution in [3.8, 4) is 0 Å². The lowest BCUT2D eigenvalue weighted by Crippen LogP contribution is -2.54. The number of sulfone groups is 1. The van der Waals surface area contributed by atoms with E-state index in [9.17, 15) is 22.8 Å². The van der Waals surface area contributed by atoms with Crippen molar-refractivity contribution in [2.75, 3.05) is 38.3 Å². The molecule has 1 aromatic carbocycles. The minimum absolute atomic E-state index is 0.137. The SMILES string of the molecule is CS(=O)(=O)CC[C@@H](C(=O)N1CCOCC1)N1C(=O)c2ccc(Br)cc2C1=O. The lowest BCUT2D eigenvalue weighted by molar-refractivity contribution is -0.139. The van der Waals surface area contributed by atoms with Crippen LogP contribution in [-0.4, -0.2) is 80.3 Å². The second-order valence-corrected chi connectivity index (χ2v) is 9.72. The number of ether oxygens (including phenoxy) is 1. The molecule has 2 heterocycles. The summed E-state index contributed by atoms with van der Waals surface area (Å²) in [6.45, 7) is 1.39. The molecule has 10 heteroatoms. The van der Waals surface area contributed by atoms with Crippen molar-refractivity contribution in [3.05, 3.63) is 33.8 Å². The number of carbonyl (C=O) groups excluding carboxylic acids is 3. The van der Waals surface area contributed by atoms with E-state index in [-0.39, 0.29) is 23.3 Å². The second-order valence-electron chi connectivity index (χ2n) is 6.54. The molecule has 1 saturated heterocycles. The zero-order chi connectivity index (χ0) is 19.8. The van der Waals surface area contributed by atoms with Crippen molar-refractivity contribution in [1.82, 2.24) is 9.80 Å². The molecule has 3 rings (SSSR count). The van der Waals surface area contributed by atoms with E-state index >= 15 is 0 Å². The Labute approximate surface area is 165 Å². The van der Waals surface area contributed by atoms with Crippen LogP contribution < -0.4 is 0 Å². The normalized spacial score (nSPS) is 18.6. The predicted molar refractivity (Wildman–Crippen MR) is 100 cm³/mol. The molecule has 8 nitrogen and oxygen atoms in total. The lowest BCUT2D eigenvalue weighted by atomic mass is 10.1. The maximum absolute atomic E-state index is 13.0. The van der Waals surface area contributed by atoms with Crippen molar-refractivity contribution < 1.29 is 27.5 Å². The van der Waals surface area contributed by atoms with E-state index in [1.807, 2.05) is 0 Å². The van der Waals surface area contributed by atoms with Gasteiger partial charge in [-0.15, -0.1) is 0 Å². The number of imide groups is 1. The number of rotatable bonds is 5. The quantitative estimate of drug-likeness (QED) is 0.602. The van der Waals surface area contributed by atoms with E-state index < -0.39 is 33.6 Å². The Bertz CT molecular complexity index is 895. The van der Waals surface area contributed by atoms with Gasteiger partial charge in [-0.2, -0.15) is 0 Å². The molecule has 1 atom stereocenters. The van der Waals surface area contributed by atoms with Gasteiger partial charge in [-0.05, 0) is 24.6 Å². The maximum atomic E-state index is 13.0. The van der Waals surface area contributed by atoms with Crippen LogP contribution in [0.2, 0.25) is 0 Å². The average molecular weight is 459 g/mol. The molecule has 2 aliphatic rings. The molecular weight excluding hydrogens is 440 g/mol. The average Bonchev–Trinajstić information content (AvgIpc) is 2.86. The first-order chi connectivity index (χ1) is 12.7. The zero-order valence-electron chi connectivity index (χ0n) is 14.7. The summed E-state index contributed by atoms with van der Waals surface area (Å²) >= 11 is 3.27. The zero-order valence-corrected chi connectivity index (χ0v) is 17.1. The fraction of sp³-hybridized carbons (Fsp3) is 0.471. The fourth-order valence-electron chi connectivity index (χ4n) is 3.20. The first kappa shape index (κ1) is 20.0. The van der Waals surface area contributed by atoms with Gasteiger partial charge in [0.25, 0.3) is 11.8 Å². The van der Waals surface area contributed by atoms with Crippen LogP contribution in [0.5, 0.6) is 0 Å². The monoisotopic (exact) mass is 458 g/mol. The summed E-state index contributed by atoms with van der Waals surface area (Å²) in [5.41, 5.74) is 0.413. The van der Waals surface area contributed by atoms with E-state index in [0.717, 1.165) is 11.2 Å². The summed E-state index contributed by atoms with van der Waals surface area (Å²) in [4.78, 5) is 41.1. The number of morpholine rings is 1. The molecule has 0 spiro atoms. The van der Waals surface area contributed by atoms with Crippen LogP contribution in [0.1, 0.15) is 27.1 Å². The first-order valence-corrected chi connectivity index (χ1v) is 11.3. The Morgan fingerprint density at radius 3 is 2.44 bits per heavy atom. The molecule has 1 fully saturated rings. The van der Waals surface area contributed by atoms with Crippen LogP contribution in [0.3, 0.4) is 0 Å². The van der Waals surface area contributed by atoms with Crippen LogP contribution >= 0.6 is 15.9 Å². The van der Waals surface area contributed by atoms with Crippen molar-refractivity contribution in [2.45, 2.75) is 12.5 Å². The summed E-state index contributed by atoms with van der Waals surface area (Å²) < 4.78 is 29.1. The Morgan fingerprint density at radius 1 is 1.19 bits per heavy atom. The fourth-order valence-corrected chi connectivity index (χ4v) is 4.21. The summed E-state index contributed by atoms with van der Waals surface area (Å²) in [7, 11) is -3.37. The van der Waals surface area contributed by atoms with E-state index in [0.29, 0.717) is 30.8 Å². The molecule has 2 aliphatic heterocycles. The molecule has 3 amide bonds. The highest BCUT2D eigenvalue weighted by molar-refractivity contribution is 9.10. The number of halogens is 1. The van der Waals surface area contributed by atoms with Gasteiger partial charge in [0.15, 0.2) is 0 Å². The van der Waals surface area contributed by atoms with Gasteiger partial charge in [0.05, 0.1) is 30.1 Å². The third-order valence-corrected chi connectivity index (χ3v) is 6.03. The van der Waals surface area contributed by atoms with Gasteiger partial charge >= 0.3 is 0 Å². The minimum Gasteiger partial charge on any atom is -0.378 e. The minimum atomic E-state index is -3.37. The topological polar surface area (TPSA) is 101 Å². The molecular formula is C17H19BrN2O6S. The van der Waals surface area contributed by atoms with E-state index in [2.05, 4.69) is 15.9 Å². The van der Waals surface area contributed by atoms with Gasteiger partial charge in [-0.25, -0.2) is 8.42 Å². The maximum Gasteiger partial charge on any atom is 0.262 e. The number of nitrogens with zero attached hydrogens (tertiary/aromatic N) is 2. The van der Waals surface area contributed by atoms with E-state index in [1.165, 1.54) is 17.0 Å². The van der Waals surface area contributed by atoms with Crippen LogP contribution in [0.25, 0.3) is 0 Å². The number of carbonyl (C=O) groups is 3. The molecule has 0 unspecified atom stereocenters. The van der Waals surface area contributed by atoms with Crippen molar-refractivity contribution >= 4 is 43.5 Å². The number of benzene rings is 1. The van der Waals surface area contributed by atoms with Gasteiger partial charge in [-0.3, -0.25) is 19.3 Å². The molecule has 0 radical (unpaired) electrons. The lowest BCUT2D eigenvalue weighted by Gasteiger charge is -2.33. The molecule has 1 aromatic rings. The van der Waals surface area contributed by atoms with Gasteiger partial charge in [0.2, 0.25) is 5.91 Å². The third-order valence-electron chi connectivity index (χ3n) is 4.56. The summed E-state index contributed by atoms with van der Waals surface area (Å²) in [6.07, 6.45) is 0.921. The van der Waals surface area contributed by atoms with E-state index in [4.69, 9.17) is 4.74 Å². The molecule has 0 bridgehead atoms. The highest BCUT2D eigenvalue weighted by atomic mass is 79.9. The molecule has 0 N–H and O–H groups in total. The van der Waals surface area contributed by atoms with Gasteiger partial charge < -0.3 is 9.64 Å². The molecule has 0 aliphatic carbocycles. The number of fused-ring (bicyclic) bond motifs is 1. The van der Waals surface area contributed by atoms with Crippen molar-refractivity contribution in [2.24, 2.45) is 0 Å². The number of hydrogen-bond acceptors (Lipinski definition) is 6. The molecule has 27 heavy (non-hydrogen) atoms. The van der Waals surface area contributed by atoms with Crippen LogP contribution in [0, 0.1) is 0 Å². The number of amides is 3. The molecule has 0 aromatic heterocycles. The third kappa shape index (κ3) is 4.22. The van der Waals surface area contributed by atoms with Crippen LogP contribution in [0.4, 0.5) is 0 Å². The highest BCUT2D eigenvalue weighted by Gasteiger charge is 2.44. The second kappa shape index (κ2) is 7.69. The van der Waals surface area contributed by atoms with Crippen LogP contribution in [0.15, 0.2) is 22.7 Å². The molecule has 146 valence electrons. The van der Waals surface area contributed by atoms with Crippen LogP contribution in [-0.2, 0) is 19.4 Å². The standard InChI is InChI=1S/C17H19BrN2O6S/c1-27(24,25)9-4-14(17(23)19-5-7-26-8-6-19)20-15(21)12-3-2-11(18)10-13(12)16(20)22/h2-3,10,14H,4-9H2,1H3/t14-/m0/s1. The Balaban J connectivity index is 1.93. The van der Waals surface area contributed by atoms with Gasteiger partial charge in [0.1, 0.15) is 15.9 Å². The molecule has 0 saturated carbocycles. The number of hydrogen-bond donors (Lipinski definition) is 0. The predicted octanol–water partition coefficient (Wildman–Crippen LogP) is 0.707. The largest absolute Gasteiger partial charge is 0.378 e. The Hall–Kier alpha value is -1.78. The Morgan fingerprint density at radius 2 is 1.81 bits per heavy atom.